The van der Waals surface area contributed by atoms with Crippen LogP contribution in [0.4, 0.5) is 5.69 Å². The van der Waals surface area contributed by atoms with Gasteiger partial charge in [-0.2, -0.15) is 0 Å². The number of nitrogens with two attached hydrogens (primary N) is 1. The van der Waals surface area contributed by atoms with Gasteiger partial charge < -0.3 is 5.73 Å². The highest BCUT2D eigenvalue weighted by Crippen LogP contribution is 2.27. The molecule has 0 bridgehead atoms. The molecule has 7 heteroatoms. The van der Waals surface area contributed by atoms with Gasteiger partial charge in [0.25, 0.3) is 10.0 Å². The Morgan fingerprint density at radius 3 is 2.55 bits per heavy atom. The van der Waals surface area contributed by atoms with Crippen LogP contribution in [0.3, 0.4) is 0 Å². The quantitative estimate of drug-likeness (QED) is 0.877. The van der Waals surface area contributed by atoms with Gasteiger partial charge in [0, 0.05) is 17.5 Å². The molecule has 0 radical (unpaired) electrons. The van der Waals surface area contributed by atoms with E-state index in [1.54, 1.807) is 36.4 Å². The highest BCUT2D eigenvalue weighted by atomic mass is 32.2. The van der Waals surface area contributed by atoms with Crippen molar-refractivity contribution in [2.24, 2.45) is 5.73 Å². The highest BCUT2D eigenvalue weighted by Gasteiger charge is 2.23. The SMILES string of the molecule is Cc1ccc(S(=O)(=O)N(C)c2cccc(C(N)=S)c2)s1. The number of nitrogens with zero attached hydrogens (tertiary/aromatic N) is 1. The van der Waals surface area contributed by atoms with Crippen LogP contribution in [0.15, 0.2) is 40.6 Å². The van der Waals surface area contributed by atoms with Gasteiger partial charge in [0.15, 0.2) is 0 Å². The average molecular weight is 326 g/mol. The van der Waals surface area contributed by atoms with Crippen LogP contribution < -0.4 is 10.0 Å². The molecule has 20 heavy (non-hydrogen) atoms. The Bertz CT molecular complexity index is 750. The molecule has 0 amide bonds. The molecule has 2 rings (SSSR count). The summed E-state index contributed by atoms with van der Waals surface area (Å²) in [6, 6.07) is 10.3. The molecule has 0 saturated heterocycles. The van der Waals surface area contributed by atoms with E-state index in [4.69, 9.17) is 18.0 Å². The first-order valence-corrected chi connectivity index (χ1v) is 8.44. The van der Waals surface area contributed by atoms with Crippen molar-refractivity contribution >= 4 is 44.3 Å². The van der Waals surface area contributed by atoms with Crippen molar-refractivity contribution in [1.82, 2.24) is 0 Å². The fraction of sp³-hybridized carbons (Fsp3) is 0.154. The zero-order valence-corrected chi connectivity index (χ0v) is 13.5. The number of thiocarbonyl (C=S) groups is 1. The average Bonchev–Trinajstić information content (AvgIpc) is 2.85. The van der Waals surface area contributed by atoms with Crippen LogP contribution in [0.5, 0.6) is 0 Å². The normalized spacial score (nSPS) is 11.3. The van der Waals surface area contributed by atoms with Gasteiger partial charge in [0.1, 0.15) is 9.20 Å². The topological polar surface area (TPSA) is 63.4 Å². The van der Waals surface area contributed by atoms with Gasteiger partial charge in [-0.15, -0.1) is 11.3 Å². The van der Waals surface area contributed by atoms with Gasteiger partial charge in [0.2, 0.25) is 0 Å². The number of thiophene rings is 1. The van der Waals surface area contributed by atoms with Gasteiger partial charge in [-0.25, -0.2) is 8.42 Å². The minimum absolute atomic E-state index is 0.240. The Hall–Kier alpha value is -1.44. The highest BCUT2D eigenvalue weighted by molar-refractivity contribution is 7.94. The summed E-state index contributed by atoms with van der Waals surface area (Å²) in [6.07, 6.45) is 0. The van der Waals surface area contributed by atoms with E-state index in [0.29, 0.717) is 15.5 Å². The molecule has 0 spiro atoms. The van der Waals surface area contributed by atoms with E-state index in [9.17, 15) is 8.42 Å². The van der Waals surface area contributed by atoms with E-state index in [-0.39, 0.29) is 4.99 Å². The number of anilines is 1. The lowest BCUT2D eigenvalue weighted by molar-refractivity contribution is 0.596. The molecule has 0 aliphatic rings. The molecule has 2 N–H and O–H groups in total. The Kier molecular flexibility index (Phi) is 4.12. The number of benzene rings is 1. The van der Waals surface area contributed by atoms with Crippen LogP contribution in [-0.4, -0.2) is 20.5 Å². The zero-order chi connectivity index (χ0) is 14.9. The number of hydrogen-bond donors (Lipinski definition) is 1. The lowest BCUT2D eigenvalue weighted by Crippen LogP contribution is -2.26. The Labute approximate surface area is 127 Å². The fourth-order valence-electron chi connectivity index (χ4n) is 1.68. The summed E-state index contributed by atoms with van der Waals surface area (Å²) < 4.78 is 26.6. The molecule has 106 valence electrons. The van der Waals surface area contributed by atoms with Crippen molar-refractivity contribution in [3.8, 4) is 0 Å². The third-order valence-corrected chi connectivity index (χ3v) is 6.31. The molecule has 0 saturated carbocycles. The van der Waals surface area contributed by atoms with E-state index in [2.05, 4.69) is 0 Å². The summed E-state index contributed by atoms with van der Waals surface area (Å²) in [5.74, 6) is 0. The smallest absolute Gasteiger partial charge is 0.273 e. The first-order chi connectivity index (χ1) is 9.32. The zero-order valence-electron chi connectivity index (χ0n) is 11.0. The summed E-state index contributed by atoms with van der Waals surface area (Å²) in [6.45, 7) is 1.87. The van der Waals surface area contributed by atoms with Crippen LogP contribution in [0.2, 0.25) is 0 Å². The second-order valence-corrected chi connectivity index (χ2v) is 8.18. The van der Waals surface area contributed by atoms with Crippen molar-refractivity contribution in [3.63, 3.8) is 0 Å². The summed E-state index contributed by atoms with van der Waals surface area (Å²) in [5.41, 5.74) is 6.74. The molecular weight excluding hydrogens is 312 g/mol. The van der Waals surface area contributed by atoms with Crippen molar-refractivity contribution in [1.29, 1.82) is 0 Å². The van der Waals surface area contributed by atoms with E-state index >= 15 is 0 Å². The second-order valence-electron chi connectivity index (χ2n) is 4.25. The first-order valence-electron chi connectivity index (χ1n) is 5.77. The van der Waals surface area contributed by atoms with Crippen LogP contribution in [0.25, 0.3) is 0 Å². The van der Waals surface area contributed by atoms with E-state index < -0.39 is 10.0 Å². The van der Waals surface area contributed by atoms with Crippen molar-refractivity contribution in [2.45, 2.75) is 11.1 Å². The number of sulfonamides is 1. The number of aryl methyl sites for hydroxylation is 1. The lowest BCUT2D eigenvalue weighted by atomic mass is 10.2. The van der Waals surface area contributed by atoms with E-state index in [1.165, 1.54) is 22.7 Å². The van der Waals surface area contributed by atoms with Gasteiger partial charge in [-0.1, -0.05) is 24.4 Å². The van der Waals surface area contributed by atoms with Crippen LogP contribution >= 0.6 is 23.6 Å². The lowest BCUT2D eigenvalue weighted by Gasteiger charge is -2.19. The van der Waals surface area contributed by atoms with Gasteiger partial charge in [-0.05, 0) is 31.2 Å². The van der Waals surface area contributed by atoms with Crippen molar-refractivity contribution < 1.29 is 8.42 Å². The molecule has 1 heterocycles. The van der Waals surface area contributed by atoms with E-state index in [1.807, 2.05) is 6.92 Å². The predicted octanol–water partition coefficient (Wildman–Crippen LogP) is 2.52. The summed E-state index contributed by atoms with van der Waals surface area (Å²) in [5, 5.41) is 0. The molecular formula is C13H14N2O2S3. The molecule has 0 atom stereocenters. The Morgan fingerprint density at radius 2 is 2.00 bits per heavy atom. The molecule has 2 aromatic rings. The fourth-order valence-corrected chi connectivity index (χ4v) is 4.45. The van der Waals surface area contributed by atoms with Crippen molar-refractivity contribution in [2.75, 3.05) is 11.4 Å². The molecule has 1 aromatic carbocycles. The molecule has 0 aliphatic carbocycles. The summed E-state index contributed by atoms with van der Waals surface area (Å²) >= 11 is 6.16. The van der Waals surface area contributed by atoms with Gasteiger partial charge in [-0.3, -0.25) is 4.31 Å². The van der Waals surface area contributed by atoms with Crippen LogP contribution in [-0.2, 0) is 10.0 Å². The van der Waals surface area contributed by atoms with Gasteiger partial charge >= 0.3 is 0 Å². The monoisotopic (exact) mass is 326 g/mol. The maximum absolute atomic E-state index is 12.5. The van der Waals surface area contributed by atoms with Crippen LogP contribution in [0, 0.1) is 6.92 Å². The predicted molar refractivity (Wildman–Crippen MR) is 87.0 cm³/mol. The molecule has 0 unspecified atom stereocenters. The standard InChI is InChI=1S/C13H14N2O2S3/c1-9-6-7-12(19-9)20(16,17)15(2)11-5-3-4-10(8-11)13(14)18/h3-8H,1-2H3,(H2,14,18). The molecule has 0 aliphatic heterocycles. The Morgan fingerprint density at radius 1 is 1.30 bits per heavy atom. The minimum atomic E-state index is -3.55. The summed E-state index contributed by atoms with van der Waals surface area (Å²) in [4.78, 5) is 1.19. The summed E-state index contributed by atoms with van der Waals surface area (Å²) in [7, 11) is -2.03. The second kappa shape index (κ2) is 5.51. The van der Waals surface area contributed by atoms with Crippen molar-refractivity contribution in [3.05, 3.63) is 46.8 Å². The number of rotatable bonds is 4. The third kappa shape index (κ3) is 2.84. The minimum Gasteiger partial charge on any atom is -0.389 e. The van der Waals surface area contributed by atoms with E-state index in [0.717, 1.165) is 4.88 Å². The Balaban J connectivity index is 2.43. The third-order valence-electron chi connectivity index (χ3n) is 2.82. The molecule has 0 fully saturated rings. The van der Waals surface area contributed by atoms with Crippen LogP contribution in [0.1, 0.15) is 10.4 Å². The molecule has 4 nitrogen and oxygen atoms in total. The maximum Gasteiger partial charge on any atom is 0.273 e. The number of hydrogen-bond acceptors (Lipinski definition) is 4. The molecule has 1 aromatic heterocycles. The van der Waals surface area contributed by atoms with Gasteiger partial charge in [0.05, 0.1) is 5.69 Å². The largest absolute Gasteiger partial charge is 0.389 e. The first kappa shape index (κ1) is 15.0. The maximum atomic E-state index is 12.5.